The van der Waals surface area contributed by atoms with Crippen LogP contribution in [0.15, 0.2) is 0 Å². The maximum atomic E-state index is 12.1. The van der Waals surface area contributed by atoms with E-state index in [0.29, 0.717) is 19.4 Å². The van der Waals surface area contributed by atoms with Crippen molar-refractivity contribution in [2.45, 2.75) is 24.9 Å². The van der Waals surface area contributed by atoms with Crippen LogP contribution in [0.1, 0.15) is 12.8 Å². The Morgan fingerprint density at radius 2 is 2.21 bits per heavy atom. The summed E-state index contributed by atoms with van der Waals surface area (Å²) in [6.45, 7) is 0.926. The molecular weight excluding hydrogens is 252 g/mol. The number of nitrogens with zero attached hydrogens (tertiary/aromatic N) is 1. The standard InChI is InChI=1S/C12H22N2O5/c1-14(10-7-19-6-8(10)12(16)17)11(15)9(13)4-3-5-18-2/h8-10H,3-7,13H2,1-2H3,(H,16,17). The van der Waals surface area contributed by atoms with E-state index in [1.807, 2.05) is 0 Å². The highest BCUT2D eigenvalue weighted by Crippen LogP contribution is 2.19. The van der Waals surface area contributed by atoms with Crippen LogP contribution in [-0.4, -0.2) is 67.9 Å². The normalized spacial score (nSPS) is 24.2. The zero-order chi connectivity index (χ0) is 14.4. The molecule has 3 atom stereocenters. The van der Waals surface area contributed by atoms with Gasteiger partial charge in [-0.25, -0.2) is 0 Å². The molecule has 7 nitrogen and oxygen atoms in total. The monoisotopic (exact) mass is 274 g/mol. The number of carboxylic acids is 1. The predicted octanol–water partition coefficient (Wildman–Crippen LogP) is -0.702. The zero-order valence-corrected chi connectivity index (χ0v) is 11.4. The fourth-order valence-corrected chi connectivity index (χ4v) is 2.16. The van der Waals surface area contributed by atoms with Crippen molar-refractivity contribution in [1.82, 2.24) is 4.90 Å². The summed E-state index contributed by atoms with van der Waals surface area (Å²) in [5, 5.41) is 9.06. The van der Waals surface area contributed by atoms with Gasteiger partial charge in [-0.3, -0.25) is 9.59 Å². The molecule has 0 aromatic heterocycles. The largest absolute Gasteiger partial charge is 0.481 e. The van der Waals surface area contributed by atoms with E-state index in [0.717, 1.165) is 0 Å². The summed E-state index contributed by atoms with van der Waals surface area (Å²) in [7, 11) is 3.17. The van der Waals surface area contributed by atoms with Crippen molar-refractivity contribution in [3.8, 4) is 0 Å². The Bertz CT molecular complexity index is 323. The predicted molar refractivity (Wildman–Crippen MR) is 67.6 cm³/mol. The van der Waals surface area contributed by atoms with Gasteiger partial charge in [0.25, 0.3) is 0 Å². The van der Waals surface area contributed by atoms with Gasteiger partial charge in [0.05, 0.1) is 25.3 Å². The fourth-order valence-electron chi connectivity index (χ4n) is 2.16. The number of methoxy groups -OCH3 is 1. The summed E-state index contributed by atoms with van der Waals surface area (Å²) >= 11 is 0. The van der Waals surface area contributed by atoms with Gasteiger partial charge in [0.1, 0.15) is 5.92 Å². The van der Waals surface area contributed by atoms with Gasteiger partial charge in [-0.05, 0) is 12.8 Å². The van der Waals surface area contributed by atoms with E-state index >= 15 is 0 Å². The number of amides is 1. The van der Waals surface area contributed by atoms with E-state index in [1.54, 1.807) is 14.2 Å². The van der Waals surface area contributed by atoms with Crippen molar-refractivity contribution in [1.29, 1.82) is 0 Å². The molecular formula is C12H22N2O5. The Morgan fingerprint density at radius 1 is 1.53 bits per heavy atom. The lowest BCUT2D eigenvalue weighted by Gasteiger charge is -2.28. The van der Waals surface area contributed by atoms with E-state index in [4.69, 9.17) is 20.3 Å². The molecule has 1 saturated heterocycles. The topological polar surface area (TPSA) is 102 Å². The van der Waals surface area contributed by atoms with Gasteiger partial charge in [0, 0.05) is 20.8 Å². The number of rotatable bonds is 7. The molecule has 3 unspecified atom stereocenters. The van der Waals surface area contributed by atoms with Gasteiger partial charge in [-0.1, -0.05) is 0 Å². The number of carbonyl (C=O) groups is 2. The van der Waals surface area contributed by atoms with Gasteiger partial charge in [0.15, 0.2) is 0 Å². The van der Waals surface area contributed by atoms with Crippen LogP contribution in [0.2, 0.25) is 0 Å². The molecule has 3 N–H and O–H groups in total. The quantitative estimate of drug-likeness (QED) is 0.595. The molecule has 1 aliphatic rings. The van der Waals surface area contributed by atoms with Crippen LogP contribution < -0.4 is 5.73 Å². The van der Waals surface area contributed by atoms with Gasteiger partial charge in [-0.2, -0.15) is 0 Å². The first kappa shape index (κ1) is 15.9. The summed E-state index contributed by atoms with van der Waals surface area (Å²) in [6.07, 6.45) is 1.21. The van der Waals surface area contributed by atoms with Crippen molar-refractivity contribution < 1.29 is 24.2 Å². The number of hydrogen-bond donors (Lipinski definition) is 2. The van der Waals surface area contributed by atoms with Crippen molar-refractivity contribution in [3.63, 3.8) is 0 Å². The number of carboxylic acid groups (broad SMARTS) is 1. The molecule has 0 radical (unpaired) electrons. The number of hydrogen-bond acceptors (Lipinski definition) is 5. The second-order valence-electron chi connectivity index (χ2n) is 4.74. The van der Waals surface area contributed by atoms with Crippen molar-refractivity contribution in [2.24, 2.45) is 11.7 Å². The van der Waals surface area contributed by atoms with E-state index in [2.05, 4.69) is 0 Å². The highest BCUT2D eigenvalue weighted by molar-refractivity contribution is 5.82. The Balaban J connectivity index is 2.53. The highest BCUT2D eigenvalue weighted by Gasteiger charge is 2.39. The van der Waals surface area contributed by atoms with Crippen molar-refractivity contribution >= 4 is 11.9 Å². The van der Waals surface area contributed by atoms with E-state index in [9.17, 15) is 9.59 Å². The summed E-state index contributed by atoms with van der Waals surface area (Å²) < 4.78 is 10.0. The van der Waals surface area contributed by atoms with Crippen molar-refractivity contribution in [2.75, 3.05) is 34.0 Å². The van der Waals surface area contributed by atoms with Crippen LogP contribution in [0.5, 0.6) is 0 Å². The Kier molecular flexibility index (Phi) is 6.20. The van der Waals surface area contributed by atoms with E-state index in [-0.39, 0.29) is 19.1 Å². The Labute approximate surface area is 112 Å². The number of ether oxygens (including phenoxy) is 2. The third-order valence-electron chi connectivity index (χ3n) is 3.39. The SMILES string of the molecule is COCCCC(N)C(=O)N(C)C1COCC1C(=O)O. The molecule has 1 amide bonds. The van der Waals surface area contributed by atoms with Gasteiger partial charge >= 0.3 is 5.97 Å². The molecule has 110 valence electrons. The van der Waals surface area contributed by atoms with Crippen molar-refractivity contribution in [3.05, 3.63) is 0 Å². The number of nitrogens with two attached hydrogens (primary N) is 1. The summed E-state index contributed by atoms with van der Waals surface area (Å²) in [5.41, 5.74) is 5.81. The average Bonchev–Trinajstić information content (AvgIpc) is 2.86. The van der Waals surface area contributed by atoms with Gasteiger partial charge in [-0.15, -0.1) is 0 Å². The second-order valence-corrected chi connectivity index (χ2v) is 4.74. The molecule has 19 heavy (non-hydrogen) atoms. The third kappa shape index (κ3) is 4.15. The molecule has 1 fully saturated rings. The molecule has 0 aromatic rings. The Hall–Kier alpha value is -1.18. The maximum absolute atomic E-state index is 12.1. The average molecular weight is 274 g/mol. The highest BCUT2D eigenvalue weighted by atomic mass is 16.5. The number of likely N-dealkylation sites (N-methyl/N-ethyl adjacent to an activating group) is 1. The van der Waals surface area contributed by atoms with Gasteiger partial charge < -0.3 is 25.2 Å². The third-order valence-corrected chi connectivity index (χ3v) is 3.39. The van der Waals surface area contributed by atoms with Crippen LogP contribution in [0.3, 0.4) is 0 Å². The van der Waals surface area contributed by atoms with Crippen LogP contribution in [-0.2, 0) is 19.1 Å². The molecule has 1 heterocycles. The van der Waals surface area contributed by atoms with E-state index < -0.39 is 24.0 Å². The maximum Gasteiger partial charge on any atom is 0.311 e. The minimum atomic E-state index is -0.949. The van der Waals surface area contributed by atoms with Crippen LogP contribution in [0.4, 0.5) is 0 Å². The molecule has 0 saturated carbocycles. The van der Waals surface area contributed by atoms with Gasteiger partial charge in [0.2, 0.25) is 5.91 Å². The Morgan fingerprint density at radius 3 is 2.79 bits per heavy atom. The first-order chi connectivity index (χ1) is 8.99. The first-order valence-electron chi connectivity index (χ1n) is 6.30. The molecule has 1 rings (SSSR count). The molecule has 0 spiro atoms. The van der Waals surface area contributed by atoms with Crippen LogP contribution >= 0.6 is 0 Å². The number of aliphatic carboxylic acids is 1. The van der Waals surface area contributed by atoms with Crippen LogP contribution in [0, 0.1) is 5.92 Å². The molecule has 0 bridgehead atoms. The number of carbonyl (C=O) groups excluding carboxylic acids is 1. The zero-order valence-electron chi connectivity index (χ0n) is 11.4. The van der Waals surface area contributed by atoms with E-state index in [1.165, 1.54) is 4.90 Å². The second kappa shape index (κ2) is 7.42. The lowest BCUT2D eigenvalue weighted by molar-refractivity contribution is -0.144. The lowest BCUT2D eigenvalue weighted by atomic mass is 10.0. The molecule has 1 aliphatic heterocycles. The lowest BCUT2D eigenvalue weighted by Crippen LogP contribution is -2.50. The van der Waals surface area contributed by atoms with Crippen LogP contribution in [0.25, 0.3) is 0 Å². The molecule has 7 heteroatoms. The smallest absolute Gasteiger partial charge is 0.311 e. The first-order valence-corrected chi connectivity index (χ1v) is 6.30. The fraction of sp³-hybridized carbons (Fsp3) is 0.833. The minimum Gasteiger partial charge on any atom is -0.481 e. The molecule has 0 aliphatic carbocycles. The summed E-state index contributed by atoms with van der Waals surface area (Å²) in [6, 6.07) is -1.08. The summed E-state index contributed by atoms with van der Waals surface area (Å²) in [4.78, 5) is 24.6. The summed E-state index contributed by atoms with van der Waals surface area (Å²) in [5.74, 6) is -1.88. The minimum absolute atomic E-state index is 0.135. The molecule has 0 aromatic carbocycles.